The minimum absolute atomic E-state index is 0.00904. The molecule has 0 atom stereocenters. The number of hydrogen-bond donors (Lipinski definition) is 0. The Balaban J connectivity index is 1.67. The Morgan fingerprint density at radius 3 is 1.57 bits per heavy atom. The van der Waals surface area contributed by atoms with Crippen LogP contribution >= 0.6 is 0 Å². The lowest BCUT2D eigenvalue weighted by atomic mass is 9.89. The molecule has 3 aromatic carbocycles. The number of aromatic nitrogens is 2. The van der Waals surface area contributed by atoms with Gasteiger partial charge in [-0.15, -0.1) is 0 Å². The Hall–Kier alpha value is -4.02. The van der Waals surface area contributed by atoms with Crippen molar-refractivity contribution in [1.29, 1.82) is 0 Å². The van der Waals surface area contributed by atoms with Gasteiger partial charge in [0.1, 0.15) is 11.4 Å². The maximum atomic E-state index is 13.3. The van der Waals surface area contributed by atoms with Gasteiger partial charge in [-0.05, 0) is 36.8 Å². The predicted molar refractivity (Wildman–Crippen MR) is 135 cm³/mol. The van der Waals surface area contributed by atoms with Crippen LogP contribution in [0.25, 0.3) is 0 Å². The Bertz CT molecular complexity index is 1800. The summed E-state index contributed by atoms with van der Waals surface area (Å²) in [5.41, 5.74) is 0.0110. The van der Waals surface area contributed by atoms with E-state index in [1.807, 2.05) is 0 Å². The average molecular weight is 533 g/mol. The fourth-order valence-electron chi connectivity index (χ4n) is 4.15. The highest BCUT2D eigenvalue weighted by Crippen LogP contribution is 2.28. The van der Waals surface area contributed by atoms with Crippen LogP contribution in [0.4, 0.5) is 0 Å². The number of ketones is 2. The predicted octanol–water partition coefficient (Wildman–Crippen LogP) is 3.51. The molecule has 186 valence electrons. The number of fused-ring (bicyclic) bond motifs is 2. The van der Waals surface area contributed by atoms with Gasteiger partial charge in [0.25, 0.3) is 0 Å². The highest BCUT2D eigenvalue weighted by Gasteiger charge is 2.35. The van der Waals surface area contributed by atoms with Crippen LogP contribution in [0.3, 0.4) is 0 Å². The van der Waals surface area contributed by atoms with Crippen molar-refractivity contribution in [2.75, 3.05) is 0 Å². The second kappa shape index (κ2) is 9.13. The van der Waals surface area contributed by atoms with E-state index in [1.165, 1.54) is 36.4 Å². The van der Waals surface area contributed by atoms with Gasteiger partial charge in [0.05, 0.1) is 32.7 Å². The number of nitrogens with zero attached hydrogens (tertiary/aromatic N) is 2. The Morgan fingerprint density at radius 1 is 0.595 bits per heavy atom. The normalized spacial score (nSPS) is 13.2. The average Bonchev–Trinajstić information content (AvgIpc) is 2.88. The highest BCUT2D eigenvalue weighted by molar-refractivity contribution is 7.91. The molecular weight excluding hydrogens is 512 g/mol. The van der Waals surface area contributed by atoms with Crippen LogP contribution in [0, 0.1) is 6.92 Å². The summed E-state index contributed by atoms with van der Waals surface area (Å²) in [5.74, 6) is -2.55. The number of rotatable bonds is 6. The van der Waals surface area contributed by atoms with Gasteiger partial charge >= 0.3 is 0 Å². The Kier molecular flexibility index (Phi) is 6.09. The molecule has 1 aliphatic carbocycles. The van der Waals surface area contributed by atoms with Crippen molar-refractivity contribution in [2.24, 2.45) is 0 Å². The molecule has 0 N–H and O–H groups in total. The summed E-state index contributed by atoms with van der Waals surface area (Å²) >= 11 is 0. The van der Waals surface area contributed by atoms with Gasteiger partial charge in [0.15, 0.2) is 19.7 Å². The molecule has 0 aliphatic heterocycles. The second-order valence-electron chi connectivity index (χ2n) is 8.67. The fraction of sp³-hybridized carbons (Fsp3) is 0.111. The first kappa shape index (κ1) is 24.7. The van der Waals surface area contributed by atoms with E-state index < -0.39 is 42.7 Å². The summed E-state index contributed by atoms with van der Waals surface area (Å²) in [7, 11) is -7.96. The van der Waals surface area contributed by atoms with Gasteiger partial charge < -0.3 is 0 Å². The summed E-state index contributed by atoms with van der Waals surface area (Å²) in [4.78, 5) is 34.9. The molecule has 0 bridgehead atoms. The van der Waals surface area contributed by atoms with E-state index in [9.17, 15) is 26.4 Å². The molecule has 1 aromatic heterocycles. The standard InChI is InChI=1S/C27H20N2O6S2/c1-17-8-7-11-19(14-17)37(34,35)16-23-22(15-36(32,33)18-9-3-2-4-10-18)28-24-25(29-23)27(31)21-13-6-5-12-20(21)26(24)30/h2-14H,15-16H2,1H3. The smallest absolute Gasteiger partial charge is 0.214 e. The molecule has 37 heavy (non-hydrogen) atoms. The SMILES string of the molecule is Cc1cccc(S(=O)(=O)Cc2nc3c(nc2CS(=O)(=O)c2ccccc2)C(=O)c2ccccc2C3=O)c1. The molecular formula is C27H20N2O6S2. The summed E-state index contributed by atoms with van der Waals surface area (Å²) in [6.07, 6.45) is 0. The van der Waals surface area contributed by atoms with Crippen molar-refractivity contribution in [3.63, 3.8) is 0 Å². The molecule has 1 aliphatic rings. The molecule has 0 amide bonds. The van der Waals surface area contributed by atoms with Crippen molar-refractivity contribution in [3.05, 3.63) is 118 Å². The number of carbonyl (C=O) groups excluding carboxylic acids is 2. The van der Waals surface area contributed by atoms with Crippen molar-refractivity contribution < 1.29 is 26.4 Å². The van der Waals surface area contributed by atoms with E-state index in [0.29, 0.717) is 0 Å². The zero-order chi connectivity index (χ0) is 26.4. The van der Waals surface area contributed by atoms with Gasteiger partial charge in [-0.25, -0.2) is 26.8 Å². The molecule has 0 spiro atoms. The van der Waals surface area contributed by atoms with Crippen LogP contribution in [-0.4, -0.2) is 38.4 Å². The third-order valence-corrected chi connectivity index (χ3v) is 9.27. The van der Waals surface area contributed by atoms with Crippen LogP contribution in [0.1, 0.15) is 49.1 Å². The van der Waals surface area contributed by atoms with E-state index in [4.69, 9.17) is 0 Å². The minimum atomic E-state index is -3.99. The third kappa shape index (κ3) is 4.61. The van der Waals surface area contributed by atoms with Crippen molar-refractivity contribution in [3.8, 4) is 0 Å². The molecule has 8 nitrogen and oxygen atoms in total. The molecule has 1 heterocycles. The van der Waals surface area contributed by atoms with Crippen molar-refractivity contribution in [1.82, 2.24) is 9.97 Å². The van der Waals surface area contributed by atoms with E-state index in [1.54, 1.807) is 49.4 Å². The van der Waals surface area contributed by atoms with Gasteiger partial charge in [-0.3, -0.25) is 9.59 Å². The quantitative estimate of drug-likeness (QED) is 0.325. The first-order valence-electron chi connectivity index (χ1n) is 11.2. The van der Waals surface area contributed by atoms with E-state index >= 15 is 0 Å². The zero-order valence-electron chi connectivity index (χ0n) is 19.6. The maximum absolute atomic E-state index is 13.3. The lowest BCUT2D eigenvalue weighted by molar-refractivity contribution is 0.0971. The number of carbonyl (C=O) groups is 2. The summed E-state index contributed by atoms with van der Waals surface area (Å²) in [5, 5.41) is 0. The van der Waals surface area contributed by atoms with Crippen molar-refractivity contribution in [2.45, 2.75) is 28.2 Å². The highest BCUT2D eigenvalue weighted by atomic mass is 32.2. The number of sulfone groups is 2. The van der Waals surface area contributed by atoms with Crippen LogP contribution < -0.4 is 0 Å². The summed E-state index contributed by atoms with van der Waals surface area (Å²) in [6.45, 7) is 1.75. The monoisotopic (exact) mass is 532 g/mol. The Labute approximate surface area is 213 Å². The number of hydrogen-bond acceptors (Lipinski definition) is 8. The summed E-state index contributed by atoms with van der Waals surface area (Å²) < 4.78 is 52.9. The van der Waals surface area contributed by atoms with E-state index in [0.717, 1.165) is 5.56 Å². The molecule has 0 saturated carbocycles. The van der Waals surface area contributed by atoms with Crippen LogP contribution in [0.15, 0.2) is 88.7 Å². The van der Waals surface area contributed by atoms with E-state index in [2.05, 4.69) is 9.97 Å². The topological polar surface area (TPSA) is 128 Å². The molecule has 0 unspecified atom stereocenters. The first-order chi connectivity index (χ1) is 17.6. The Morgan fingerprint density at radius 2 is 1.05 bits per heavy atom. The van der Waals surface area contributed by atoms with Gasteiger partial charge in [-0.1, -0.05) is 54.6 Å². The fourth-order valence-corrected chi connectivity index (χ4v) is 6.89. The van der Waals surface area contributed by atoms with Crippen molar-refractivity contribution >= 4 is 31.2 Å². The van der Waals surface area contributed by atoms with E-state index in [-0.39, 0.29) is 43.7 Å². The molecule has 5 rings (SSSR count). The van der Waals surface area contributed by atoms with Crippen LogP contribution in [-0.2, 0) is 31.2 Å². The lowest BCUT2D eigenvalue weighted by Crippen LogP contribution is -2.27. The summed E-state index contributed by atoms with van der Waals surface area (Å²) in [6, 6.07) is 20.1. The van der Waals surface area contributed by atoms with Crippen LogP contribution in [0.5, 0.6) is 0 Å². The molecule has 0 radical (unpaired) electrons. The first-order valence-corrected chi connectivity index (χ1v) is 14.5. The molecule has 0 fully saturated rings. The van der Waals surface area contributed by atoms with Gasteiger partial charge in [0, 0.05) is 11.1 Å². The minimum Gasteiger partial charge on any atom is -0.287 e. The molecule has 4 aromatic rings. The van der Waals surface area contributed by atoms with Gasteiger partial charge in [0.2, 0.25) is 11.6 Å². The zero-order valence-corrected chi connectivity index (χ0v) is 21.2. The second-order valence-corrected chi connectivity index (χ2v) is 12.6. The largest absolute Gasteiger partial charge is 0.287 e. The third-order valence-electron chi connectivity index (χ3n) is 6.00. The number of benzene rings is 3. The number of aryl methyl sites for hydroxylation is 1. The molecule has 10 heteroatoms. The van der Waals surface area contributed by atoms with Crippen LogP contribution in [0.2, 0.25) is 0 Å². The van der Waals surface area contributed by atoms with Gasteiger partial charge in [-0.2, -0.15) is 0 Å². The lowest BCUT2D eigenvalue weighted by Gasteiger charge is -2.19. The molecule has 0 saturated heterocycles. The maximum Gasteiger partial charge on any atom is 0.214 e.